The number of hydrogen-bond donors (Lipinski definition) is 0. The summed E-state index contributed by atoms with van der Waals surface area (Å²) in [5.74, 6) is 2.24. The third-order valence-electron chi connectivity index (χ3n) is 8.65. The smallest absolute Gasteiger partial charge is 0.123 e. The summed E-state index contributed by atoms with van der Waals surface area (Å²) in [6.45, 7) is 11.9. The molecule has 4 heteroatoms. The fourth-order valence-electron chi connectivity index (χ4n) is 5.52. The predicted molar refractivity (Wildman–Crippen MR) is 163 cm³/mol. The zero-order valence-electron chi connectivity index (χ0n) is 24.5. The maximum atomic E-state index is 6.29. The van der Waals surface area contributed by atoms with Gasteiger partial charge in [0.2, 0.25) is 0 Å². The second-order valence-corrected chi connectivity index (χ2v) is 11.9. The van der Waals surface area contributed by atoms with E-state index in [-0.39, 0.29) is 29.5 Å². The van der Waals surface area contributed by atoms with Gasteiger partial charge in [0.15, 0.2) is 0 Å². The third-order valence-corrected chi connectivity index (χ3v) is 8.65. The quantitative estimate of drug-likeness (QED) is 0.169. The lowest BCUT2D eigenvalue weighted by molar-refractivity contribution is 0.260. The van der Waals surface area contributed by atoms with E-state index in [0.29, 0.717) is 13.2 Å². The summed E-state index contributed by atoms with van der Waals surface area (Å²) in [5, 5.41) is 0. The lowest BCUT2D eigenvalue weighted by Gasteiger charge is -2.30. The van der Waals surface area contributed by atoms with Gasteiger partial charge >= 0.3 is 0 Å². The number of epoxide rings is 2. The Morgan fingerprint density at radius 3 is 1.39 bits per heavy atom. The predicted octanol–water partition coefficient (Wildman–Crippen LogP) is 7.87. The molecule has 2 saturated heterocycles. The monoisotopic (exact) mass is 548 g/mol. The standard InChI is InChI=1S/C37H40O4/c1-25(27-11-7-5-8-12-27)33-19-29(15-17-35(33)40-23-31-21-38-31)37(3,4)30-16-18-36(41-24-32-22-39-32)34(20-30)26(2)28-13-9-6-10-14-28/h5-20,25-26,31-32H,21-24H2,1-4H3. The zero-order chi connectivity index (χ0) is 28.4. The lowest BCUT2D eigenvalue weighted by Crippen LogP contribution is -2.21. The number of benzene rings is 4. The van der Waals surface area contributed by atoms with Crippen LogP contribution < -0.4 is 9.47 Å². The van der Waals surface area contributed by atoms with Gasteiger partial charge in [-0.05, 0) is 34.4 Å². The van der Waals surface area contributed by atoms with Crippen LogP contribution >= 0.6 is 0 Å². The Morgan fingerprint density at radius 1 is 0.634 bits per heavy atom. The van der Waals surface area contributed by atoms with Crippen LogP contribution in [-0.4, -0.2) is 38.6 Å². The van der Waals surface area contributed by atoms with Crippen LogP contribution in [0.1, 0.15) is 72.9 Å². The average Bonchev–Trinajstić information content (AvgIpc) is 3.95. The van der Waals surface area contributed by atoms with Crippen molar-refractivity contribution in [2.24, 2.45) is 0 Å². The molecule has 4 nitrogen and oxygen atoms in total. The van der Waals surface area contributed by atoms with Crippen molar-refractivity contribution in [2.45, 2.75) is 57.2 Å². The van der Waals surface area contributed by atoms with Crippen molar-refractivity contribution >= 4 is 0 Å². The lowest BCUT2D eigenvalue weighted by atomic mass is 9.75. The molecule has 0 amide bonds. The number of ether oxygens (including phenoxy) is 4. The van der Waals surface area contributed by atoms with Crippen molar-refractivity contribution < 1.29 is 18.9 Å². The van der Waals surface area contributed by atoms with E-state index in [9.17, 15) is 0 Å². The first-order valence-electron chi connectivity index (χ1n) is 14.8. The van der Waals surface area contributed by atoms with E-state index in [1.807, 2.05) is 0 Å². The number of hydrogen-bond acceptors (Lipinski definition) is 4. The van der Waals surface area contributed by atoms with Crippen LogP contribution in [0.3, 0.4) is 0 Å². The van der Waals surface area contributed by atoms with Gasteiger partial charge in [0, 0.05) is 28.4 Å². The maximum Gasteiger partial charge on any atom is 0.123 e. The van der Waals surface area contributed by atoms with Crippen LogP contribution in [0.2, 0.25) is 0 Å². The fourth-order valence-corrected chi connectivity index (χ4v) is 5.52. The first-order chi connectivity index (χ1) is 19.9. The van der Waals surface area contributed by atoms with Crippen molar-refractivity contribution in [3.8, 4) is 11.5 Å². The van der Waals surface area contributed by atoms with E-state index in [4.69, 9.17) is 18.9 Å². The second kappa shape index (κ2) is 11.7. The third kappa shape index (κ3) is 6.34. The minimum absolute atomic E-state index is 0.191. The van der Waals surface area contributed by atoms with Crippen LogP contribution in [0.4, 0.5) is 0 Å². The maximum absolute atomic E-state index is 6.29. The Kier molecular flexibility index (Phi) is 7.88. The van der Waals surface area contributed by atoms with E-state index in [1.54, 1.807) is 0 Å². The summed E-state index contributed by atoms with van der Waals surface area (Å²) >= 11 is 0. The van der Waals surface area contributed by atoms with Crippen LogP contribution in [-0.2, 0) is 14.9 Å². The molecule has 0 radical (unpaired) electrons. The summed E-state index contributed by atoms with van der Waals surface area (Å²) in [6, 6.07) is 34.7. The Balaban J connectivity index is 1.36. The zero-order valence-corrected chi connectivity index (χ0v) is 24.5. The van der Waals surface area contributed by atoms with Gasteiger partial charge in [0.05, 0.1) is 13.2 Å². The van der Waals surface area contributed by atoms with Crippen LogP contribution in [0, 0.1) is 0 Å². The molecule has 0 saturated carbocycles. The van der Waals surface area contributed by atoms with Gasteiger partial charge in [-0.2, -0.15) is 0 Å². The molecule has 2 aliphatic heterocycles. The minimum Gasteiger partial charge on any atom is -0.490 e. The van der Waals surface area contributed by atoms with Crippen LogP contribution in [0.15, 0.2) is 97.1 Å². The minimum atomic E-state index is -0.243. The molecule has 4 aromatic rings. The van der Waals surface area contributed by atoms with Crippen LogP contribution in [0.5, 0.6) is 11.5 Å². The highest BCUT2D eigenvalue weighted by atomic mass is 16.6. The Hall–Kier alpha value is -3.60. The molecule has 2 aliphatic rings. The molecule has 2 fully saturated rings. The largest absolute Gasteiger partial charge is 0.490 e. The fraction of sp³-hybridized carbons (Fsp3) is 0.351. The van der Waals surface area contributed by atoms with Gasteiger partial charge in [0.1, 0.15) is 36.9 Å². The number of rotatable bonds is 12. The Labute approximate surface area is 244 Å². The molecule has 4 unspecified atom stereocenters. The van der Waals surface area contributed by atoms with Crippen molar-refractivity contribution in [1.29, 1.82) is 0 Å². The summed E-state index contributed by atoms with van der Waals surface area (Å²) < 4.78 is 23.4. The summed E-state index contributed by atoms with van der Waals surface area (Å²) in [6.07, 6.45) is 0.423. The summed E-state index contributed by atoms with van der Waals surface area (Å²) in [7, 11) is 0. The molecule has 0 bridgehead atoms. The summed E-state index contributed by atoms with van der Waals surface area (Å²) in [5.41, 5.74) is 7.21. The molecule has 2 heterocycles. The highest BCUT2D eigenvalue weighted by molar-refractivity contribution is 5.51. The molecule has 41 heavy (non-hydrogen) atoms. The molecular weight excluding hydrogens is 508 g/mol. The SMILES string of the molecule is CC(c1ccccc1)c1cc(C(C)(C)c2ccc(OCC3CO3)c(C(C)c3ccccc3)c2)ccc1OCC1CO1. The van der Waals surface area contributed by atoms with Gasteiger partial charge in [0.25, 0.3) is 0 Å². The van der Waals surface area contributed by atoms with E-state index in [0.717, 1.165) is 24.7 Å². The second-order valence-electron chi connectivity index (χ2n) is 11.9. The van der Waals surface area contributed by atoms with E-state index >= 15 is 0 Å². The van der Waals surface area contributed by atoms with Crippen molar-refractivity contribution in [3.05, 3.63) is 130 Å². The van der Waals surface area contributed by atoms with Crippen molar-refractivity contribution in [2.75, 3.05) is 26.4 Å². The van der Waals surface area contributed by atoms with Crippen molar-refractivity contribution in [1.82, 2.24) is 0 Å². The molecule has 6 rings (SSSR count). The molecular formula is C37H40O4. The van der Waals surface area contributed by atoms with Gasteiger partial charge < -0.3 is 18.9 Å². The molecule has 0 N–H and O–H groups in total. The van der Waals surface area contributed by atoms with Gasteiger partial charge in [-0.15, -0.1) is 0 Å². The molecule has 212 valence electrons. The van der Waals surface area contributed by atoms with Crippen molar-refractivity contribution in [3.63, 3.8) is 0 Å². The molecule has 0 aromatic heterocycles. The first-order valence-corrected chi connectivity index (χ1v) is 14.8. The van der Waals surface area contributed by atoms with E-state index < -0.39 is 0 Å². The summed E-state index contributed by atoms with van der Waals surface area (Å²) in [4.78, 5) is 0. The average molecular weight is 549 g/mol. The Bertz CT molecular complexity index is 1340. The first kappa shape index (κ1) is 27.6. The van der Waals surface area contributed by atoms with E-state index in [1.165, 1.54) is 33.4 Å². The van der Waals surface area contributed by atoms with Gasteiger partial charge in [-0.3, -0.25) is 0 Å². The topological polar surface area (TPSA) is 43.5 Å². The van der Waals surface area contributed by atoms with Crippen LogP contribution in [0.25, 0.3) is 0 Å². The highest BCUT2D eigenvalue weighted by Gasteiger charge is 2.30. The molecule has 0 spiro atoms. The Morgan fingerprint density at radius 2 is 1.02 bits per heavy atom. The highest BCUT2D eigenvalue weighted by Crippen LogP contribution is 2.41. The van der Waals surface area contributed by atoms with E-state index in [2.05, 4.69) is 125 Å². The van der Waals surface area contributed by atoms with Gasteiger partial charge in [-0.1, -0.05) is 113 Å². The molecule has 0 aliphatic carbocycles. The normalized spacial score (nSPS) is 19.3. The molecule has 4 aromatic carbocycles. The van der Waals surface area contributed by atoms with Gasteiger partial charge in [-0.25, -0.2) is 0 Å². The molecule has 4 atom stereocenters.